The summed E-state index contributed by atoms with van der Waals surface area (Å²) in [5.74, 6) is 6.43. The van der Waals surface area contributed by atoms with E-state index in [1.165, 1.54) is 11.1 Å². The van der Waals surface area contributed by atoms with Gasteiger partial charge in [0, 0.05) is 12.7 Å². The van der Waals surface area contributed by atoms with E-state index in [2.05, 4.69) is 45.8 Å². The van der Waals surface area contributed by atoms with E-state index in [0.717, 1.165) is 18.8 Å². The van der Waals surface area contributed by atoms with Crippen LogP contribution in [-0.4, -0.2) is 9.97 Å². The third-order valence-electron chi connectivity index (χ3n) is 2.74. The molecular weight excluding hydrogens is 226 g/mol. The van der Waals surface area contributed by atoms with Gasteiger partial charge in [0.25, 0.3) is 0 Å². The molecule has 1 heterocycles. The topological polar surface area (TPSA) is 75.9 Å². The van der Waals surface area contributed by atoms with Crippen LogP contribution in [0.4, 0.5) is 11.8 Å². The summed E-state index contributed by atoms with van der Waals surface area (Å²) in [7, 11) is 0. The molecule has 0 saturated heterocycles. The van der Waals surface area contributed by atoms with Gasteiger partial charge >= 0.3 is 0 Å². The van der Waals surface area contributed by atoms with Crippen LogP contribution in [0, 0.1) is 0 Å². The number of hydrogen-bond donors (Lipinski definition) is 3. The highest BCUT2D eigenvalue weighted by atomic mass is 15.3. The molecule has 0 atom stereocenters. The number of rotatable bonds is 5. The summed E-state index contributed by atoms with van der Waals surface area (Å²) in [5, 5.41) is 3.26. The molecule has 0 aliphatic rings. The molecule has 5 heteroatoms. The molecule has 1 aromatic carbocycles. The van der Waals surface area contributed by atoms with E-state index in [1.54, 1.807) is 6.20 Å². The molecular formula is C13H17N5. The molecule has 1 aromatic heterocycles. The first-order chi connectivity index (χ1) is 8.83. The summed E-state index contributed by atoms with van der Waals surface area (Å²) in [5.41, 5.74) is 5.05. The van der Waals surface area contributed by atoms with Crippen molar-refractivity contribution >= 4 is 11.8 Å². The molecule has 0 saturated carbocycles. The molecule has 18 heavy (non-hydrogen) atoms. The predicted octanol–water partition coefficient (Wildman–Crippen LogP) is 1.94. The maximum Gasteiger partial charge on any atom is 0.239 e. The third-order valence-corrected chi connectivity index (χ3v) is 2.74. The molecule has 0 spiro atoms. The van der Waals surface area contributed by atoms with Gasteiger partial charge in [0.2, 0.25) is 5.95 Å². The molecule has 0 radical (unpaired) electrons. The van der Waals surface area contributed by atoms with E-state index in [0.29, 0.717) is 5.95 Å². The Kier molecular flexibility index (Phi) is 4.09. The lowest BCUT2D eigenvalue weighted by Crippen LogP contribution is -2.11. The molecule has 0 bridgehead atoms. The van der Waals surface area contributed by atoms with Crippen LogP contribution in [0.15, 0.2) is 36.5 Å². The van der Waals surface area contributed by atoms with Crippen molar-refractivity contribution in [3.63, 3.8) is 0 Å². The predicted molar refractivity (Wildman–Crippen MR) is 73.0 cm³/mol. The quantitative estimate of drug-likeness (QED) is 0.552. The lowest BCUT2D eigenvalue weighted by atomic mass is 10.1. The highest BCUT2D eigenvalue weighted by Crippen LogP contribution is 2.12. The number of nitrogens with zero attached hydrogens (tertiary/aromatic N) is 2. The van der Waals surface area contributed by atoms with E-state index in [4.69, 9.17) is 5.84 Å². The standard InChI is InChI=1S/C13H17N5/c1-2-10-5-3-4-6-11(10)9-16-12-7-8-15-13(17-12)18-14/h3-8H,2,9,14H2,1H3,(H2,15,16,17,18). The summed E-state index contributed by atoms with van der Waals surface area (Å²) in [6, 6.07) is 10.2. The molecule has 0 aliphatic heterocycles. The smallest absolute Gasteiger partial charge is 0.239 e. The third kappa shape index (κ3) is 2.95. The highest BCUT2D eigenvalue weighted by molar-refractivity contribution is 5.40. The van der Waals surface area contributed by atoms with Crippen LogP contribution in [0.3, 0.4) is 0 Å². The van der Waals surface area contributed by atoms with Crippen molar-refractivity contribution in [2.75, 3.05) is 10.7 Å². The van der Waals surface area contributed by atoms with Gasteiger partial charge in [-0.3, -0.25) is 5.43 Å². The van der Waals surface area contributed by atoms with Gasteiger partial charge in [0.05, 0.1) is 0 Å². The second-order valence-electron chi connectivity index (χ2n) is 3.89. The van der Waals surface area contributed by atoms with Gasteiger partial charge in [0.1, 0.15) is 5.82 Å². The Morgan fingerprint density at radius 3 is 2.67 bits per heavy atom. The number of nitrogens with one attached hydrogen (secondary N) is 2. The number of anilines is 2. The van der Waals surface area contributed by atoms with Crippen molar-refractivity contribution in [3.05, 3.63) is 47.7 Å². The number of hydrogen-bond acceptors (Lipinski definition) is 5. The largest absolute Gasteiger partial charge is 0.366 e. The van der Waals surface area contributed by atoms with Crippen molar-refractivity contribution in [1.29, 1.82) is 0 Å². The first kappa shape index (κ1) is 12.3. The molecule has 4 N–H and O–H groups in total. The molecule has 0 fully saturated rings. The molecule has 2 rings (SSSR count). The maximum atomic E-state index is 5.27. The SMILES string of the molecule is CCc1ccccc1CNc1ccnc(NN)n1. The van der Waals surface area contributed by atoms with Gasteiger partial charge in [-0.2, -0.15) is 4.98 Å². The summed E-state index contributed by atoms with van der Waals surface area (Å²) in [6.07, 6.45) is 2.69. The maximum absolute atomic E-state index is 5.27. The second-order valence-corrected chi connectivity index (χ2v) is 3.89. The lowest BCUT2D eigenvalue weighted by molar-refractivity contribution is 1.02. The van der Waals surface area contributed by atoms with Gasteiger partial charge in [-0.15, -0.1) is 0 Å². The number of aromatic nitrogens is 2. The van der Waals surface area contributed by atoms with E-state index in [-0.39, 0.29) is 0 Å². The first-order valence-electron chi connectivity index (χ1n) is 5.93. The van der Waals surface area contributed by atoms with Gasteiger partial charge in [-0.1, -0.05) is 31.2 Å². The van der Waals surface area contributed by atoms with Crippen molar-refractivity contribution < 1.29 is 0 Å². The Morgan fingerprint density at radius 2 is 1.94 bits per heavy atom. The van der Waals surface area contributed by atoms with Crippen LogP contribution in [0.1, 0.15) is 18.1 Å². The summed E-state index contributed by atoms with van der Waals surface area (Å²) in [4.78, 5) is 8.16. The zero-order valence-electron chi connectivity index (χ0n) is 10.4. The summed E-state index contributed by atoms with van der Waals surface area (Å²) in [6.45, 7) is 2.89. The molecule has 0 amide bonds. The first-order valence-corrected chi connectivity index (χ1v) is 5.93. The zero-order chi connectivity index (χ0) is 12.8. The van der Waals surface area contributed by atoms with Crippen LogP contribution in [0.2, 0.25) is 0 Å². The molecule has 2 aromatic rings. The van der Waals surface area contributed by atoms with Crippen LogP contribution < -0.4 is 16.6 Å². The van der Waals surface area contributed by atoms with E-state index in [9.17, 15) is 0 Å². The molecule has 0 unspecified atom stereocenters. The molecule has 5 nitrogen and oxygen atoms in total. The molecule has 0 aliphatic carbocycles. The van der Waals surface area contributed by atoms with Gasteiger partial charge in [0.15, 0.2) is 0 Å². The fourth-order valence-corrected chi connectivity index (χ4v) is 1.79. The van der Waals surface area contributed by atoms with E-state index in [1.807, 2.05) is 12.1 Å². The van der Waals surface area contributed by atoms with Crippen molar-refractivity contribution in [2.24, 2.45) is 5.84 Å². The fourth-order valence-electron chi connectivity index (χ4n) is 1.79. The second kappa shape index (κ2) is 5.97. The Labute approximate surface area is 106 Å². The van der Waals surface area contributed by atoms with E-state index < -0.39 is 0 Å². The number of aryl methyl sites for hydroxylation is 1. The lowest BCUT2D eigenvalue weighted by Gasteiger charge is -2.10. The van der Waals surface area contributed by atoms with Crippen molar-refractivity contribution in [1.82, 2.24) is 9.97 Å². The summed E-state index contributed by atoms with van der Waals surface area (Å²) >= 11 is 0. The highest BCUT2D eigenvalue weighted by Gasteiger charge is 2.01. The number of nitrogen functional groups attached to an aromatic ring is 1. The Bertz CT molecular complexity index is 512. The number of nitrogens with two attached hydrogens (primary N) is 1. The van der Waals surface area contributed by atoms with Crippen molar-refractivity contribution in [3.8, 4) is 0 Å². The minimum Gasteiger partial charge on any atom is -0.366 e. The monoisotopic (exact) mass is 243 g/mol. The van der Waals surface area contributed by atoms with Crippen LogP contribution in [0.25, 0.3) is 0 Å². The number of hydrazine groups is 1. The van der Waals surface area contributed by atoms with Crippen LogP contribution in [0.5, 0.6) is 0 Å². The van der Waals surface area contributed by atoms with E-state index >= 15 is 0 Å². The minimum absolute atomic E-state index is 0.406. The van der Waals surface area contributed by atoms with Crippen LogP contribution in [-0.2, 0) is 13.0 Å². The van der Waals surface area contributed by atoms with Gasteiger partial charge in [-0.05, 0) is 23.6 Å². The Hall–Kier alpha value is -2.14. The van der Waals surface area contributed by atoms with Gasteiger partial charge < -0.3 is 5.32 Å². The fraction of sp³-hybridized carbons (Fsp3) is 0.231. The minimum atomic E-state index is 0.406. The van der Waals surface area contributed by atoms with Crippen molar-refractivity contribution in [2.45, 2.75) is 19.9 Å². The Morgan fingerprint density at radius 1 is 1.17 bits per heavy atom. The average molecular weight is 243 g/mol. The zero-order valence-corrected chi connectivity index (χ0v) is 10.4. The number of benzene rings is 1. The average Bonchev–Trinajstić information content (AvgIpc) is 2.45. The van der Waals surface area contributed by atoms with Crippen LogP contribution >= 0.6 is 0 Å². The molecule has 94 valence electrons. The van der Waals surface area contributed by atoms with Gasteiger partial charge in [-0.25, -0.2) is 10.8 Å². The normalized spacial score (nSPS) is 10.1. The Balaban J connectivity index is 2.06. The summed E-state index contributed by atoms with van der Waals surface area (Å²) < 4.78 is 0.